The second kappa shape index (κ2) is 7.95. The highest BCUT2D eigenvalue weighted by atomic mass is 35.5. The smallest absolute Gasteiger partial charge is 0.142 e. The molecule has 2 aromatic heterocycles. The molecule has 152 valence electrons. The number of anilines is 1. The molecule has 4 aromatic rings. The van der Waals surface area contributed by atoms with Crippen molar-refractivity contribution >= 4 is 39.9 Å². The van der Waals surface area contributed by atoms with Crippen molar-refractivity contribution in [2.24, 2.45) is 7.05 Å². The molecule has 3 heterocycles. The number of hydrogen-bond acceptors (Lipinski definition) is 3. The average molecular weight is 437 g/mol. The molecule has 6 heteroatoms. The van der Waals surface area contributed by atoms with Crippen LogP contribution in [0.4, 0.5) is 5.69 Å². The first-order valence-electron chi connectivity index (χ1n) is 10.1. The summed E-state index contributed by atoms with van der Waals surface area (Å²) in [5.74, 6) is 0. The molecule has 1 N–H and O–H groups in total. The third kappa shape index (κ3) is 3.35. The second-order valence-electron chi connectivity index (χ2n) is 7.56. The first-order chi connectivity index (χ1) is 14.6. The van der Waals surface area contributed by atoms with Crippen molar-refractivity contribution in [3.8, 4) is 22.4 Å². The van der Waals surface area contributed by atoms with Crippen molar-refractivity contribution in [2.75, 3.05) is 31.1 Å². The first-order valence-corrected chi connectivity index (χ1v) is 10.8. The fourth-order valence-electron chi connectivity index (χ4n) is 4.29. The Labute approximate surface area is 186 Å². The maximum Gasteiger partial charge on any atom is 0.142 e. The van der Waals surface area contributed by atoms with E-state index in [1.807, 2.05) is 37.4 Å². The van der Waals surface area contributed by atoms with Gasteiger partial charge in [0.2, 0.25) is 0 Å². The average Bonchev–Trinajstić information content (AvgIpc) is 3.09. The summed E-state index contributed by atoms with van der Waals surface area (Å²) in [6.07, 6.45) is 1.76. The van der Waals surface area contributed by atoms with E-state index in [9.17, 15) is 0 Å². The lowest BCUT2D eigenvalue weighted by molar-refractivity contribution is 0.589. The van der Waals surface area contributed by atoms with Crippen LogP contribution in [0.3, 0.4) is 0 Å². The number of benzene rings is 2. The van der Waals surface area contributed by atoms with E-state index < -0.39 is 0 Å². The van der Waals surface area contributed by atoms with E-state index in [0.717, 1.165) is 59.6 Å². The quantitative estimate of drug-likeness (QED) is 0.452. The summed E-state index contributed by atoms with van der Waals surface area (Å²) in [5.41, 5.74) is 6.50. The van der Waals surface area contributed by atoms with Gasteiger partial charge in [0.1, 0.15) is 5.65 Å². The molecule has 0 spiro atoms. The van der Waals surface area contributed by atoms with Crippen LogP contribution in [0.1, 0.15) is 0 Å². The Bertz CT molecular complexity index is 1190. The van der Waals surface area contributed by atoms with E-state index in [0.29, 0.717) is 10.0 Å². The van der Waals surface area contributed by atoms with Crippen LogP contribution < -0.4 is 10.2 Å². The van der Waals surface area contributed by atoms with E-state index in [1.54, 1.807) is 6.20 Å². The van der Waals surface area contributed by atoms with Crippen LogP contribution in [0.2, 0.25) is 10.0 Å². The van der Waals surface area contributed by atoms with Gasteiger partial charge in [-0.25, -0.2) is 4.98 Å². The summed E-state index contributed by atoms with van der Waals surface area (Å²) in [6.45, 7) is 4.11. The highest BCUT2D eigenvalue weighted by molar-refractivity contribution is 6.37. The molecule has 4 nitrogen and oxygen atoms in total. The molecule has 0 atom stereocenters. The summed E-state index contributed by atoms with van der Waals surface area (Å²) in [6, 6.07) is 18.6. The van der Waals surface area contributed by atoms with Crippen LogP contribution in [0, 0.1) is 0 Å². The Kier molecular flexibility index (Phi) is 5.15. The Hall–Kier alpha value is -2.53. The van der Waals surface area contributed by atoms with Crippen molar-refractivity contribution in [3.63, 3.8) is 0 Å². The summed E-state index contributed by atoms with van der Waals surface area (Å²) < 4.78 is 2.13. The lowest BCUT2D eigenvalue weighted by Gasteiger charge is -2.29. The van der Waals surface area contributed by atoms with Crippen LogP contribution in [0.15, 0.2) is 60.8 Å². The molecule has 1 aliphatic heterocycles. The number of hydrogen-bond donors (Lipinski definition) is 1. The van der Waals surface area contributed by atoms with Gasteiger partial charge in [0.05, 0.1) is 10.7 Å². The summed E-state index contributed by atoms with van der Waals surface area (Å²) in [4.78, 5) is 7.04. The van der Waals surface area contributed by atoms with Crippen molar-refractivity contribution in [1.82, 2.24) is 14.9 Å². The van der Waals surface area contributed by atoms with Gasteiger partial charge in [0.25, 0.3) is 0 Å². The van der Waals surface area contributed by atoms with E-state index in [4.69, 9.17) is 23.2 Å². The fourth-order valence-corrected chi connectivity index (χ4v) is 4.66. The Morgan fingerprint density at radius 3 is 2.23 bits per heavy atom. The Balaban J connectivity index is 1.68. The zero-order valence-corrected chi connectivity index (χ0v) is 18.2. The van der Waals surface area contributed by atoms with Crippen LogP contribution in [0.25, 0.3) is 33.4 Å². The van der Waals surface area contributed by atoms with Crippen LogP contribution >= 0.6 is 23.2 Å². The van der Waals surface area contributed by atoms with Gasteiger partial charge in [0.15, 0.2) is 0 Å². The Morgan fingerprint density at radius 1 is 0.867 bits per heavy atom. The predicted molar refractivity (Wildman–Crippen MR) is 127 cm³/mol. The standard InChI is InChI=1S/C24H22Cl2N4/c1-29-23(17-4-8-19(9-5-17)30-14-12-27-13-15-30)21(16-2-6-18(25)7-3-16)22-20(26)10-11-28-24(22)29/h2-11,27H,12-15H2,1H3. The van der Waals surface area contributed by atoms with Crippen molar-refractivity contribution in [3.05, 3.63) is 70.8 Å². The number of pyridine rings is 1. The lowest BCUT2D eigenvalue weighted by Crippen LogP contribution is -2.43. The normalized spacial score (nSPS) is 14.4. The second-order valence-corrected chi connectivity index (χ2v) is 8.41. The molecule has 30 heavy (non-hydrogen) atoms. The van der Waals surface area contributed by atoms with Gasteiger partial charge < -0.3 is 14.8 Å². The van der Waals surface area contributed by atoms with Crippen LogP contribution in [-0.4, -0.2) is 35.7 Å². The van der Waals surface area contributed by atoms with Gasteiger partial charge in [-0.05, 0) is 41.5 Å². The van der Waals surface area contributed by atoms with Gasteiger partial charge in [-0.2, -0.15) is 0 Å². The number of piperazine rings is 1. The highest BCUT2D eigenvalue weighted by Gasteiger charge is 2.21. The summed E-state index contributed by atoms with van der Waals surface area (Å²) in [5, 5.41) is 5.78. The third-order valence-corrected chi connectivity index (χ3v) is 6.34. The zero-order valence-electron chi connectivity index (χ0n) is 16.7. The van der Waals surface area contributed by atoms with E-state index in [-0.39, 0.29) is 0 Å². The van der Waals surface area contributed by atoms with Gasteiger partial charge in [0, 0.05) is 61.1 Å². The molecule has 1 fully saturated rings. The number of aryl methyl sites for hydroxylation is 1. The summed E-state index contributed by atoms with van der Waals surface area (Å²) in [7, 11) is 2.05. The minimum atomic E-state index is 0.698. The van der Waals surface area contributed by atoms with E-state index in [2.05, 4.69) is 44.0 Å². The number of nitrogens with one attached hydrogen (secondary N) is 1. The highest BCUT2D eigenvalue weighted by Crippen LogP contribution is 2.43. The number of nitrogens with zero attached hydrogens (tertiary/aromatic N) is 3. The van der Waals surface area contributed by atoms with Gasteiger partial charge >= 0.3 is 0 Å². The van der Waals surface area contributed by atoms with Crippen molar-refractivity contribution in [1.29, 1.82) is 0 Å². The Morgan fingerprint density at radius 2 is 1.53 bits per heavy atom. The maximum absolute atomic E-state index is 6.65. The molecule has 0 aliphatic carbocycles. The van der Waals surface area contributed by atoms with Crippen molar-refractivity contribution in [2.45, 2.75) is 0 Å². The lowest BCUT2D eigenvalue weighted by atomic mass is 9.98. The molecular weight excluding hydrogens is 415 g/mol. The first kappa shape index (κ1) is 19.4. The van der Waals surface area contributed by atoms with E-state index >= 15 is 0 Å². The molecule has 0 radical (unpaired) electrons. The number of aromatic nitrogens is 2. The molecule has 2 aromatic carbocycles. The summed E-state index contributed by atoms with van der Waals surface area (Å²) >= 11 is 12.8. The SMILES string of the molecule is Cn1c(-c2ccc(N3CCNCC3)cc2)c(-c2ccc(Cl)cc2)c2c(Cl)ccnc21. The number of halogens is 2. The third-order valence-electron chi connectivity index (χ3n) is 5.78. The zero-order chi connectivity index (χ0) is 20.7. The predicted octanol–water partition coefficient (Wildman–Crippen LogP) is 5.62. The molecule has 0 unspecified atom stereocenters. The number of fused-ring (bicyclic) bond motifs is 1. The van der Waals surface area contributed by atoms with Gasteiger partial charge in [-0.15, -0.1) is 0 Å². The molecule has 1 saturated heterocycles. The molecule has 0 bridgehead atoms. The van der Waals surface area contributed by atoms with E-state index in [1.165, 1.54) is 5.69 Å². The minimum absolute atomic E-state index is 0.698. The van der Waals surface area contributed by atoms with Crippen molar-refractivity contribution < 1.29 is 0 Å². The van der Waals surface area contributed by atoms with Gasteiger partial charge in [-0.1, -0.05) is 47.5 Å². The van der Waals surface area contributed by atoms with Crippen LogP contribution in [0.5, 0.6) is 0 Å². The van der Waals surface area contributed by atoms with Gasteiger partial charge in [-0.3, -0.25) is 0 Å². The molecule has 0 amide bonds. The molecule has 0 saturated carbocycles. The maximum atomic E-state index is 6.65. The van der Waals surface area contributed by atoms with Crippen LogP contribution in [-0.2, 0) is 7.05 Å². The minimum Gasteiger partial charge on any atom is -0.369 e. The number of rotatable bonds is 3. The molecule has 1 aliphatic rings. The molecule has 5 rings (SSSR count). The largest absolute Gasteiger partial charge is 0.369 e. The monoisotopic (exact) mass is 436 g/mol. The fraction of sp³-hybridized carbons (Fsp3) is 0.208. The topological polar surface area (TPSA) is 33.1 Å². The molecular formula is C24H22Cl2N4.